The molecule has 2 aromatic rings. The minimum atomic E-state index is 0.0377. The number of piperazine rings is 1. The molecule has 1 aromatic heterocycles. The van der Waals surface area contributed by atoms with Gasteiger partial charge in [0.05, 0.1) is 13.2 Å². The highest BCUT2D eigenvalue weighted by atomic mass is 35.5. The first-order valence-electron chi connectivity index (χ1n) is 7.46. The van der Waals surface area contributed by atoms with Crippen LogP contribution in [0.25, 0.3) is 0 Å². The van der Waals surface area contributed by atoms with E-state index in [0.717, 1.165) is 43.3 Å². The van der Waals surface area contributed by atoms with Crippen LogP contribution in [0.15, 0.2) is 30.6 Å². The van der Waals surface area contributed by atoms with E-state index >= 15 is 0 Å². The highest BCUT2D eigenvalue weighted by Gasteiger charge is 2.29. The number of hydrogen-bond donors (Lipinski definition) is 1. The number of nitrogens with one attached hydrogen (secondary N) is 1. The smallest absolute Gasteiger partial charge is 0.130 e. The molecule has 118 valence electrons. The molecule has 0 spiro atoms. The van der Waals surface area contributed by atoms with Gasteiger partial charge in [0.2, 0.25) is 0 Å². The van der Waals surface area contributed by atoms with Gasteiger partial charge in [-0.2, -0.15) is 0 Å². The average Bonchev–Trinajstić information content (AvgIpc) is 2.95. The van der Waals surface area contributed by atoms with E-state index in [-0.39, 0.29) is 6.04 Å². The zero-order chi connectivity index (χ0) is 15.5. The molecular formula is C16H21ClN4O. The van der Waals surface area contributed by atoms with Crippen molar-refractivity contribution < 1.29 is 4.74 Å². The Morgan fingerprint density at radius 1 is 1.32 bits per heavy atom. The molecule has 0 radical (unpaired) electrons. The van der Waals surface area contributed by atoms with E-state index in [1.807, 2.05) is 37.6 Å². The highest BCUT2D eigenvalue weighted by Crippen LogP contribution is 2.35. The minimum Gasteiger partial charge on any atom is -0.496 e. The molecule has 0 aliphatic carbocycles. The van der Waals surface area contributed by atoms with Crippen molar-refractivity contribution in [1.82, 2.24) is 19.8 Å². The van der Waals surface area contributed by atoms with Crippen molar-refractivity contribution in [3.8, 4) is 5.75 Å². The summed E-state index contributed by atoms with van der Waals surface area (Å²) in [6.45, 7) is 3.88. The van der Waals surface area contributed by atoms with Crippen LogP contribution in [0.2, 0.25) is 5.02 Å². The van der Waals surface area contributed by atoms with E-state index < -0.39 is 0 Å². The molecule has 1 aliphatic rings. The number of methoxy groups -OCH3 is 1. The number of nitrogens with zero attached hydrogens (tertiary/aromatic N) is 3. The number of imidazole rings is 1. The van der Waals surface area contributed by atoms with Crippen molar-refractivity contribution >= 4 is 11.6 Å². The van der Waals surface area contributed by atoms with E-state index in [4.69, 9.17) is 16.3 Å². The lowest BCUT2D eigenvalue weighted by molar-refractivity contribution is 0.187. The normalized spacial score (nSPS) is 17.4. The van der Waals surface area contributed by atoms with Crippen LogP contribution in [0.1, 0.15) is 17.4 Å². The van der Waals surface area contributed by atoms with Crippen molar-refractivity contribution in [3.63, 3.8) is 0 Å². The monoisotopic (exact) mass is 320 g/mol. The van der Waals surface area contributed by atoms with Crippen LogP contribution in [-0.4, -0.2) is 47.7 Å². The number of aromatic nitrogens is 2. The number of aryl methyl sites for hydroxylation is 1. The molecule has 22 heavy (non-hydrogen) atoms. The summed E-state index contributed by atoms with van der Waals surface area (Å²) in [5.41, 5.74) is 1.06. The molecule has 0 bridgehead atoms. The molecule has 5 nitrogen and oxygen atoms in total. The molecule has 1 fully saturated rings. The topological polar surface area (TPSA) is 42.3 Å². The molecule has 0 amide bonds. The van der Waals surface area contributed by atoms with Gasteiger partial charge in [-0.1, -0.05) is 11.6 Å². The molecule has 1 atom stereocenters. The van der Waals surface area contributed by atoms with Gasteiger partial charge in [-0.15, -0.1) is 0 Å². The molecule has 2 heterocycles. The lowest BCUT2D eigenvalue weighted by Crippen LogP contribution is -2.46. The number of ether oxygens (including phenoxy) is 1. The molecule has 1 saturated heterocycles. The number of rotatable bonds is 4. The Morgan fingerprint density at radius 2 is 2.09 bits per heavy atom. The first-order chi connectivity index (χ1) is 10.7. The van der Waals surface area contributed by atoms with Crippen LogP contribution < -0.4 is 10.1 Å². The third kappa shape index (κ3) is 2.97. The maximum atomic E-state index is 6.24. The average molecular weight is 321 g/mol. The number of benzene rings is 1. The summed E-state index contributed by atoms with van der Waals surface area (Å²) >= 11 is 6.24. The molecule has 1 unspecified atom stereocenters. The van der Waals surface area contributed by atoms with E-state index in [1.54, 1.807) is 7.11 Å². The van der Waals surface area contributed by atoms with Gasteiger partial charge in [0.25, 0.3) is 0 Å². The highest BCUT2D eigenvalue weighted by molar-refractivity contribution is 6.30. The maximum Gasteiger partial charge on any atom is 0.130 e. The van der Waals surface area contributed by atoms with E-state index in [1.165, 1.54) is 0 Å². The third-order valence-electron chi connectivity index (χ3n) is 4.11. The maximum absolute atomic E-state index is 6.24. The molecule has 0 saturated carbocycles. The van der Waals surface area contributed by atoms with Crippen molar-refractivity contribution in [2.24, 2.45) is 7.05 Å². The molecule has 3 rings (SSSR count). The van der Waals surface area contributed by atoms with Crippen LogP contribution in [0, 0.1) is 0 Å². The summed E-state index contributed by atoms with van der Waals surface area (Å²) in [4.78, 5) is 7.00. The van der Waals surface area contributed by atoms with Gasteiger partial charge in [-0.3, -0.25) is 4.90 Å². The number of hydrogen-bond acceptors (Lipinski definition) is 4. The van der Waals surface area contributed by atoms with Crippen LogP contribution >= 0.6 is 11.6 Å². The Balaban J connectivity index is 2.09. The number of halogens is 1. The summed E-state index contributed by atoms with van der Waals surface area (Å²) in [7, 11) is 3.72. The van der Waals surface area contributed by atoms with Gasteiger partial charge < -0.3 is 14.6 Å². The SMILES string of the molecule is COc1ccc(Cl)cc1C(c1nccn1C)N1CCNCC1. The van der Waals surface area contributed by atoms with Crippen molar-refractivity contribution in [3.05, 3.63) is 47.0 Å². The summed E-state index contributed by atoms with van der Waals surface area (Å²) in [5.74, 6) is 1.85. The van der Waals surface area contributed by atoms with Gasteiger partial charge in [-0.05, 0) is 18.2 Å². The fourth-order valence-electron chi connectivity index (χ4n) is 3.00. The Hall–Kier alpha value is -1.56. The van der Waals surface area contributed by atoms with Gasteiger partial charge in [-0.25, -0.2) is 4.98 Å². The quantitative estimate of drug-likeness (QED) is 0.936. The third-order valence-corrected chi connectivity index (χ3v) is 4.34. The van der Waals surface area contributed by atoms with Gasteiger partial charge in [0, 0.05) is 56.2 Å². The summed E-state index contributed by atoms with van der Waals surface area (Å²) in [5, 5.41) is 4.11. The lowest BCUT2D eigenvalue weighted by Gasteiger charge is -2.35. The fourth-order valence-corrected chi connectivity index (χ4v) is 3.18. The Bertz CT molecular complexity index is 637. The van der Waals surface area contributed by atoms with Crippen molar-refractivity contribution in [2.45, 2.75) is 6.04 Å². The van der Waals surface area contributed by atoms with Crippen molar-refractivity contribution in [1.29, 1.82) is 0 Å². The van der Waals surface area contributed by atoms with Crippen LogP contribution in [0.5, 0.6) is 5.75 Å². The first kappa shape index (κ1) is 15.3. The van der Waals surface area contributed by atoms with Gasteiger partial charge >= 0.3 is 0 Å². The van der Waals surface area contributed by atoms with Crippen LogP contribution in [0.4, 0.5) is 0 Å². The fraction of sp³-hybridized carbons (Fsp3) is 0.438. The zero-order valence-electron chi connectivity index (χ0n) is 12.9. The second-order valence-electron chi connectivity index (χ2n) is 5.47. The second-order valence-corrected chi connectivity index (χ2v) is 5.91. The standard InChI is InChI=1S/C16H21ClN4O/c1-20-8-7-19-16(20)15(21-9-5-18-6-10-21)13-11-12(17)3-4-14(13)22-2/h3-4,7-8,11,15,18H,5-6,9-10H2,1-2H3. The zero-order valence-corrected chi connectivity index (χ0v) is 13.7. The molecular weight excluding hydrogens is 300 g/mol. The second kappa shape index (κ2) is 6.69. The summed E-state index contributed by atoms with van der Waals surface area (Å²) in [6.07, 6.45) is 3.81. The van der Waals surface area contributed by atoms with Crippen LogP contribution in [0.3, 0.4) is 0 Å². The summed E-state index contributed by atoms with van der Waals surface area (Å²) < 4.78 is 7.63. The Labute approximate surface area is 135 Å². The summed E-state index contributed by atoms with van der Waals surface area (Å²) in [6, 6.07) is 5.81. The molecule has 1 aromatic carbocycles. The first-order valence-corrected chi connectivity index (χ1v) is 7.84. The minimum absolute atomic E-state index is 0.0377. The largest absolute Gasteiger partial charge is 0.496 e. The predicted octanol–water partition coefficient (Wildman–Crippen LogP) is 2.08. The molecule has 6 heteroatoms. The van der Waals surface area contributed by atoms with Crippen molar-refractivity contribution in [2.75, 3.05) is 33.3 Å². The predicted molar refractivity (Wildman–Crippen MR) is 87.5 cm³/mol. The van der Waals surface area contributed by atoms with Gasteiger partial charge in [0.1, 0.15) is 11.6 Å². The lowest BCUT2D eigenvalue weighted by atomic mass is 10.0. The molecule has 1 N–H and O–H groups in total. The Kier molecular flexibility index (Phi) is 4.66. The van der Waals surface area contributed by atoms with E-state index in [0.29, 0.717) is 5.02 Å². The van der Waals surface area contributed by atoms with Gasteiger partial charge in [0.15, 0.2) is 0 Å². The van der Waals surface area contributed by atoms with Crippen LogP contribution in [-0.2, 0) is 7.05 Å². The van der Waals surface area contributed by atoms with E-state index in [9.17, 15) is 0 Å². The Morgan fingerprint density at radius 3 is 2.73 bits per heavy atom. The molecule has 1 aliphatic heterocycles. The van der Waals surface area contributed by atoms with E-state index in [2.05, 4.69) is 19.8 Å².